The molecule has 120 valence electrons. The van der Waals surface area contributed by atoms with Gasteiger partial charge in [-0.15, -0.1) is 0 Å². The lowest BCUT2D eigenvalue weighted by atomic mass is 9.97. The van der Waals surface area contributed by atoms with Gasteiger partial charge in [-0.05, 0) is 36.1 Å². The molecule has 0 spiro atoms. The third-order valence-electron chi connectivity index (χ3n) is 4.03. The molecule has 0 fully saturated rings. The summed E-state index contributed by atoms with van der Waals surface area (Å²) >= 11 is 0. The number of anilines is 1. The van der Waals surface area contributed by atoms with Crippen LogP contribution in [0.5, 0.6) is 11.5 Å². The molecule has 0 radical (unpaired) electrons. The van der Waals surface area contributed by atoms with Gasteiger partial charge in [0.2, 0.25) is 0 Å². The maximum absolute atomic E-state index is 11.5. The van der Waals surface area contributed by atoms with Gasteiger partial charge in [-0.1, -0.05) is 38.1 Å². The molecule has 0 saturated carbocycles. The maximum Gasteiger partial charge on any atom is 0.326 e. The summed E-state index contributed by atoms with van der Waals surface area (Å²) in [7, 11) is 0. The average Bonchev–Trinajstić information content (AvgIpc) is 2.52. The predicted molar refractivity (Wildman–Crippen MR) is 90.3 cm³/mol. The summed E-state index contributed by atoms with van der Waals surface area (Å²) in [6.07, 6.45) is 1.32. The summed E-state index contributed by atoms with van der Waals surface area (Å²) in [5.41, 5.74) is 2.97. The number of benzene rings is 2. The summed E-state index contributed by atoms with van der Waals surface area (Å²) in [6, 6.07) is 13.1. The second-order valence-corrected chi connectivity index (χ2v) is 6.33. The first-order valence-electron chi connectivity index (χ1n) is 7.91. The van der Waals surface area contributed by atoms with Crippen LogP contribution >= 0.6 is 0 Å². The van der Waals surface area contributed by atoms with Gasteiger partial charge in [0.05, 0.1) is 0 Å². The molecule has 1 atom stereocenters. The molecular formula is C19H21NO3. The molecule has 0 bridgehead atoms. The minimum absolute atomic E-state index is 0.306. The third-order valence-corrected chi connectivity index (χ3v) is 4.03. The van der Waals surface area contributed by atoms with Crippen molar-refractivity contribution in [2.24, 2.45) is 5.92 Å². The van der Waals surface area contributed by atoms with E-state index < -0.39 is 12.0 Å². The zero-order valence-corrected chi connectivity index (χ0v) is 13.4. The van der Waals surface area contributed by atoms with Crippen molar-refractivity contribution >= 4 is 11.7 Å². The van der Waals surface area contributed by atoms with E-state index in [-0.39, 0.29) is 0 Å². The quantitative estimate of drug-likeness (QED) is 0.738. The largest absolute Gasteiger partial charge is 0.480 e. The molecule has 2 aromatic rings. The van der Waals surface area contributed by atoms with Crippen LogP contribution in [-0.2, 0) is 11.2 Å². The number of carbonyl (C=O) groups is 1. The maximum atomic E-state index is 11.5. The van der Waals surface area contributed by atoms with E-state index in [1.54, 1.807) is 0 Å². The first-order chi connectivity index (χ1) is 11.0. The van der Waals surface area contributed by atoms with Crippen molar-refractivity contribution in [3.05, 3.63) is 53.6 Å². The standard InChI is InChI=1S/C19H21NO3/c1-12(2)10-16(19(21)22)20-15-7-5-9-18-14(15)11-13-6-3-4-8-17(13)23-18/h3-9,12,16,20H,10-11H2,1-2H3,(H,21,22)/t16-/m0/s1. The second-order valence-electron chi connectivity index (χ2n) is 6.33. The lowest BCUT2D eigenvalue weighted by Gasteiger charge is -2.25. The molecule has 3 rings (SSSR count). The Kier molecular flexibility index (Phi) is 4.24. The molecule has 0 aliphatic carbocycles. The number of aliphatic carboxylic acids is 1. The van der Waals surface area contributed by atoms with Crippen LogP contribution < -0.4 is 10.1 Å². The van der Waals surface area contributed by atoms with Crippen molar-refractivity contribution in [1.29, 1.82) is 0 Å². The Labute approximate surface area is 136 Å². The fourth-order valence-electron chi connectivity index (χ4n) is 2.92. The van der Waals surface area contributed by atoms with Crippen LogP contribution in [0.3, 0.4) is 0 Å². The van der Waals surface area contributed by atoms with Crippen LogP contribution in [0.25, 0.3) is 0 Å². The Bertz CT molecular complexity index is 724. The molecule has 1 aliphatic heterocycles. The Morgan fingerprint density at radius 2 is 1.91 bits per heavy atom. The van der Waals surface area contributed by atoms with Crippen LogP contribution in [0.2, 0.25) is 0 Å². The fraction of sp³-hybridized carbons (Fsp3) is 0.316. The van der Waals surface area contributed by atoms with Crippen LogP contribution in [0.4, 0.5) is 5.69 Å². The highest BCUT2D eigenvalue weighted by Crippen LogP contribution is 2.39. The number of ether oxygens (including phenoxy) is 1. The van der Waals surface area contributed by atoms with E-state index in [1.807, 2.05) is 56.3 Å². The number of carboxylic acid groups (broad SMARTS) is 1. The molecule has 4 nitrogen and oxygen atoms in total. The zero-order valence-electron chi connectivity index (χ0n) is 13.4. The van der Waals surface area contributed by atoms with E-state index in [2.05, 4.69) is 5.32 Å². The van der Waals surface area contributed by atoms with Crippen LogP contribution in [0, 0.1) is 5.92 Å². The SMILES string of the molecule is CC(C)C[C@H](Nc1cccc2c1Cc1ccccc1O2)C(=O)O. The summed E-state index contributed by atoms with van der Waals surface area (Å²) in [6.45, 7) is 4.05. The highest BCUT2D eigenvalue weighted by Gasteiger charge is 2.23. The van der Waals surface area contributed by atoms with Gasteiger partial charge in [0.1, 0.15) is 17.5 Å². The van der Waals surface area contributed by atoms with Gasteiger partial charge < -0.3 is 15.2 Å². The first kappa shape index (κ1) is 15.4. The minimum Gasteiger partial charge on any atom is -0.480 e. The molecule has 2 N–H and O–H groups in total. The lowest BCUT2D eigenvalue weighted by molar-refractivity contribution is -0.138. The lowest BCUT2D eigenvalue weighted by Crippen LogP contribution is -2.31. The molecule has 1 heterocycles. The van der Waals surface area contributed by atoms with Crippen molar-refractivity contribution in [2.45, 2.75) is 32.7 Å². The molecule has 2 aromatic carbocycles. The van der Waals surface area contributed by atoms with Gasteiger partial charge in [0, 0.05) is 17.7 Å². The Morgan fingerprint density at radius 3 is 2.65 bits per heavy atom. The van der Waals surface area contributed by atoms with Gasteiger partial charge >= 0.3 is 5.97 Å². The fourth-order valence-corrected chi connectivity index (χ4v) is 2.92. The van der Waals surface area contributed by atoms with Crippen molar-refractivity contribution < 1.29 is 14.6 Å². The molecule has 23 heavy (non-hydrogen) atoms. The topological polar surface area (TPSA) is 58.6 Å². The molecule has 0 unspecified atom stereocenters. The number of hydrogen-bond acceptors (Lipinski definition) is 3. The monoisotopic (exact) mass is 311 g/mol. The zero-order chi connectivity index (χ0) is 16.4. The molecule has 0 aromatic heterocycles. The normalized spacial score (nSPS) is 13.7. The van der Waals surface area contributed by atoms with Crippen molar-refractivity contribution in [1.82, 2.24) is 0 Å². The Hall–Kier alpha value is -2.49. The predicted octanol–water partition coefficient (Wildman–Crippen LogP) is 4.29. The smallest absolute Gasteiger partial charge is 0.326 e. The van der Waals surface area contributed by atoms with E-state index in [1.165, 1.54) is 0 Å². The van der Waals surface area contributed by atoms with E-state index in [9.17, 15) is 9.90 Å². The second kappa shape index (κ2) is 6.32. The Morgan fingerprint density at radius 1 is 1.17 bits per heavy atom. The van der Waals surface area contributed by atoms with Crippen molar-refractivity contribution in [2.75, 3.05) is 5.32 Å². The van der Waals surface area contributed by atoms with Crippen LogP contribution in [-0.4, -0.2) is 17.1 Å². The number of nitrogens with one attached hydrogen (secondary N) is 1. The molecular weight excluding hydrogens is 290 g/mol. The highest BCUT2D eigenvalue weighted by molar-refractivity contribution is 5.78. The van der Waals surface area contributed by atoms with Crippen molar-refractivity contribution in [3.8, 4) is 11.5 Å². The number of carboxylic acids is 1. The minimum atomic E-state index is -0.826. The summed E-state index contributed by atoms with van der Waals surface area (Å²) in [4.78, 5) is 11.5. The molecule has 1 aliphatic rings. The van der Waals surface area contributed by atoms with E-state index in [0.29, 0.717) is 12.3 Å². The molecule has 4 heteroatoms. The first-order valence-corrected chi connectivity index (χ1v) is 7.91. The van der Waals surface area contributed by atoms with Crippen molar-refractivity contribution in [3.63, 3.8) is 0 Å². The van der Waals surface area contributed by atoms with E-state index in [4.69, 9.17) is 4.74 Å². The third kappa shape index (κ3) is 3.31. The average molecular weight is 311 g/mol. The van der Waals surface area contributed by atoms with Gasteiger partial charge in [-0.25, -0.2) is 4.79 Å². The van der Waals surface area contributed by atoms with Crippen LogP contribution in [0.15, 0.2) is 42.5 Å². The number of hydrogen-bond donors (Lipinski definition) is 2. The van der Waals surface area contributed by atoms with Gasteiger partial charge in [0.15, 0.2) is 0 Å². The van der Waals surface area contributed by atoms with Gasteiger partial charge in [-0.3, -0.25) is 0 Å². The summed E-state index contributed by atoms with van der Waals surface area (Å²) in [5, 5.41) is 12.6. The Balaban J connectivity index is 1.89. The van der Waals surface area contributed by atoms with Gasteiger partial charge in [0.25, 0.3) is 0 Å². The number of para-hydroxylation sites is 1. The van der Waals surface area contributed by atoms with Crippen LogP contribution in [0.1, 0.15) is 31.4 Å². The van der Waals surface area contributed by atoms with Gasteiger partial charge in [-0.2, -0.15) is 0 Å². The molecule has 0 amide bonds. The van der Waals surface area contributed by atoms with E-state index in [0.717, 1.165) is 34.7 Å². The summed E-state index contributed by atoms with van der Waals surface area (Å²) in [5.74, 6) is 1.14. The number of fused-ring (bicyclic) bond motifs is 2. The molecule has 0 saturated heterocycles. The highest BCUT2D eigenvalue weighted by atomic mass is 16.5. The number of rotatable bonds is 5. The summed E-state index contributed by atoms with van der Waals surface area (Å²) < 4.78 is 5.95. The van der Waals surface area contributed by atoms with E-state index >= 15 is 0 Å².